The minimum Gasteiger partial charge on any atom is -0.323 e. The molecule has 1 aromatic rings. The van der Waals surface area contributed by atoms with E-state index in [2.05, 4.69) is 16.5 Å². The minimum absolute atomic E-state index is 0.539. The van der Waals surface area contributed by atoms with Crippen LogP contribution in [0.4, 0.5) is 4.79 Å². The van der Waals surface area contributed by atoms with Gasteiger partial charge in [0.1, 0.15) is 0 Å². The van der Waals surface area contributed by atoms with Crippen molar-refractivity contribution in [1.29, 1.82) is 0 Å². The first-order valence-electron chi connectivity index (χ1n) is 4.99. The zero-order chi connectivity index (χ0) is 11.4. The van der Waals surface area contributed by atoms with Gasteiger partial charge in [0.05, 0.1) is 5.71 Å². The van der Waals surface area contributed by atoms with E-state index in [0.29, 0.717) is 0 Å². The fourth-order valence-corrected chi connectivity index (χ4v) is 2.49. The van der Waals surface area contributed by atoms with E-state index in [0.717, 1.165) is 23.4 Å². The van der Waals surface area contributed by atoms with Crippen LogP contribution in [-0.2, 0) is 4.84 Å². The quantitative estimate of drug-likeness (QED) is 0.601. The topological polar surface area (TPSA) is 50.7 Å². The molecule has 0 aromatic heterocycles. The summed E-state index contributed by atoms with van der Waals surface area (Å²) < 4.78 is 0. The Morgan fingerprint density at radius 2 is 2.31 bits per heavy atom. The summed E-state index contributed by atoms with van der Waals surface area (Å²) in [6.45, 7) is 0. The number of carbonyl (C=O) groups excluding carboxylic acids is 1. The molecule has 1 heterocycles. The molecular formula is C11H12N2O2S. The first-order chi connectivity index (χ1) is 7.81. The highest BCUT2D eigenvalue weighted by atomic mass is 32.2. The number of hydrogen-bond acceptors (Lipinski definition) is 4. The molecule has 4 nitrogen and oxygen atoms in total. The molecule has 0 atom stereocenters. The van der Waals surface area contributed by atoms with Crippen LogP contribution < -0.4 is 5.32 Å². The van der Waals surface area contributed by atoms with Gasteiger partial charge in [-0.3, -0.25) is 4.84 Å². The molecule has 2 rings (SSSR count). The molecule has 1 aliphatic heterocycles. The van der Waals surface area contributed by atoms with E-state index in [1.807, 2.05) is 18.2 Å². The molecule has 0 radical (unpaired) electrons. The molecule has 0 fully saturated rings. The second-order valence-corrected chi connectivity index (χ2v) is 4.40. The van der Waals surface area contributed by atoms with Crippen molar-refractivity contribution in [1.82, 2.24) is 5.32 Å². The van der Waals surface area contributed by atoms with Gasteiger partial charge in [-0.2, -0.15) is 0 Å². The lowest BCUT2D eigenvalue weighted by molar-refractivity contribution is 0.153. The monoisotopic (exact) mass is 236 g/mol. The number of oxime groups is 1. The molecular weight excluding hydrogens is 224 g/mol. The molecule has 1 aliphatic rings. The summed E-state index contributed by atoms with van der Waals surface area (Å²) in [4.78, 5) is 16.8. The Kier molecular flexibility index (Phi) is 3.46. The van der Waals surface area contributed by atoms with Crippen LogP contribution in [-0.4, -0.2) is 24.6 Å². The van der Waals surface area contributed by atoms with E-state index in [4.69, 9.17) is 4.84 Å². The molecule has 0 aliphatic carbocycles. The Morgan fingerprint density at radius 1 is 1.50 bits per heavy atom. The van der Waals surface area contributed by atoms with Crippen LogP contribution >= 0.6 is 11.8 Å². The second kappa shape index (κ2) is 5.03. The third kappa shape index (κ3) is 2.36. The van der Waals surface area contributed by atoms with Gasteiger partial charge >= 0.3 is 6.09 Å². The van der Waals surface area contributed by atoms with Crippen LogP contribution in [0, 0.1) is 0 Å². The second-order valence-electron chi connectivity index (χ2n) is 3.26. The normalized spacial score (nSPS) is 16.7. The highest BCUT2D eigenvalue weighted by Gasteiger charge is 2.16. The van der Waals surface area contributed by atoms with Crippen LogP contribution in [0.2, 0.25) is 0 Å². The van der Waals surface area contributed by atoms with Crippen LogP contribution in [0.5, 0.6) is 0 Å². The van der Waals surface area contributed by atoms with Gasteiger partial charge in [-0.05, 0) is 6.07 Å². The Hall–Kier alpha value is -1.49. The van der Waals surface area contributed by atoms with Gasteiger partial charge in [0.2, 0.25) is 0 Å². The summed E-state index contributed by atoms with van der Waals surface area (Å²) in [7, 11) is 1.51. The molecule has 1 amide bonds. The molecule has 16 heavy (non-hydrogen) atoms. The Balaban J connectivity index is 2.21. The van der Waals surface area contributed by atoms with Gasteiger partial charge in [0, 0.05) is 29.7 Å². The molecule has 1 aromatic carbocycles. The lowest BCUT2D eigenvalue weighted by Gasteiger charge is -2.15. The van der Waals surface area contributed by atoms with Crippen molar-refractivity contribution >= 4 is 23.6 Å². The summed E-state index contributed by atoms with van der Waals surface area (Å²) in [6.07, 6.45) is 0.279. The van der Waals surface area contributed by atoms with Crippen molar-refractivity contribution in [3.63, 3.8) is 0 Å². The Labute approximate surface area is 98.0 Å². The van der Waals surface area contributed by atoms with E-state index >= 15 is 0 Å². The van der Waals surface area contributed by atoms with Gasteiger partial charge in [-0.15, -0.1) is 11.8 Å². The maximum Gasteiger partial charge on any atom is 0.433 e. The number of benzene rings is 1. The highest BCUT2D eigenvalue weighted by molar-refractivity contribution is 7.99. The SMILES string of the molecule is CNC(=O)O/N=C1/CCSc2ccccc21. The van der Waals surface area contributed by atoms with Crippen molar-refractivity contribution in [2.24, 2.45) is 5.16 Å². The zero-order valence-electron chi connectivity index (χ0n) is 8.90. The van der Waals surface area contributed by atoms with E-state index in [1.54, 1.807) is 11.8 Å². The van der Waals surface area contributed by atoms with Crippen LogP contribution in [0.3, 0.4) is 0 Å². The number of nitrogens with one attached hydrogen (secondary N) is 1. The molecule has 0 saturated carbocycles. The van der Waals surface area contributed by atoms with Crippen LogP contribution in [0.25, 0.3) is 0 Å². The number of thioether (sulfide) groups is 1. The lowest BCUT2D eigenvalue weighted by atomic mass is 10.1. The fraction of sp³-hybridized carbons (Fsp3) is 0.273. The average Bonchev–Trinajstić information content (AvgIpc) is 2.35. The molecule has 0 unspecified atom stereocenters. The molecule has 0 saturated heterocycles. The molecule has 1 N–H and O–H groups in total. The van der Waals surface area contributed by atoms with Crippen molar-refractivity contribution in [2.75, 3.05) is 12.8 Å². The predicted molar refractivity (Wildman–Crippen MR) is 63.9 cm³/mol. The van der Waals surface area contributed by atoms with Gasteiger partial charge < -0.3 is 5.32 Å². The van der Waals surface area contributed by atoms with Crippen molar-refractivity contribution in [2.45, 2.75) is 11.3 Å². The number of carbonyl (C=O) groups is 1. The molecule has 84 valence electrons. The number of rotatable bonds is 1. The summed E-state index contributed by atoms with van der Waals surface area (Å²) in [5, 5.41) is 6.24. The molecule has 5 heteroatoms. The Bertz CT molecular complexity index is 432. The number of fused-ring (bicyclic) bond motifs is 1. The Morgan fingerprint density at radius 3 is 3.12 bits per heavy atom. The maximum atomic E-state index is 10.9. The third-order valence-corrected chi connectivity index (χ3v) is 3.31. The molecule has 0 spiro atoms. The van der Waals surface area contributed by atoms with Gasteiger partial charge in [-0.25, -0.2) is 4.79 Å². The minimum atomic E-state index is -0.539. The van der Waals surface area contributed by atoms with Gasteiger partial charge in [0.15, 0.2) is 0 Å². The lowest BCUT2D eigenvalue weighted by Crippen LogP contribution is -2.18. The van der Waals surface area contributed by atoms with Crippen LogP contribution in [0.15, 0.2) is 34.3 Å². The first-order valence-corrected chi connectivity index (χ1v) is 5.97. The summed E-state index contributed by atoms with van der Waals surface area (Å²) >= 11 is 1.80. The first kappa shape index (κ1) is 11.0. The van der Waals surface area contributed by atoms with Crippen molar-refractivity contribution in [3.05, 3.63) is 29.8 Å². The van der Waals surface area contributed by atoms with Crippen LogP contribution in [0.1, 0.15) is 12.0 Å². The zero-order valence-corrected chi connectivity index (χ0v) is 9.71. The summed E-state index contributed by atoms with van der Waals surface area (Å²) in [6, 6.07) is 8.00. The van der Waals surface area contributed by atoms with E-state index in [9.17, 15) is 4.79 Å². The van der Waals surface area contributed by atoms with E-state index in [-0.39, 0.29) is 0 Å². The third-order valence-electron chi connectivity index (χ3n) is 2.24. The largest absolute Gasteiger partial charge is 0.433 e. The highest BCUT2D eigenvalue weighted by Crippen LogP contribution is 2.29. The van der Waals surface area contributed by atoms with E-state index in [1.165, 1.54) is 11.9 Å². The number of hydrogen-bond donors (Lipinski definition) is 1. The summed E-state index contributed by atoms with van der Waals surface area (Å²) in [5.74, 6) is 0.965. The smallest absolute Gasteiger partial charge is 0.323 e. The average molecular weight is 236 g/mol. The number of amides is 1. The maximum absolute atomic E-state index is 10.9. The van der Waals surface area contributed by atoms with Gasteiger partial charge in [0.25, 0.3) is 0 Å². The fourth-order valence-electron chi connectivity index (χ4n) is 1.46. The predicted octanol–water partition coefficient (Wildman–Crippen LogP) is 2.24. The van der Waals surface area contributed by atoms with E-state index < -0.39 is 6.09 Å². The van der Waals surface area contributed by atoms with Crippen molar-refractivity contribution in [3.8, 4) is 0 Å². The summed E-state index contributed by atoms with van der Waals surface area (Å²) in [5.41, 5.74) is 1.89. The van der Waals surface area contributed by atoms with Gasteiger partial charge in [-0.1, -0.05) is 23.4 Å². The standard InChI is InChI=1S/C11H12N2O2S/c1-12-11(14)15-13-9-6-7-16-10-5-3-2-4-8(9)10/h2-5H,6-7H2,1H3,(H,12,14)/b13-9-. The van der Waals surface area contributed by atoms with Crippen molar-refractivity contribution < 1.29 is 9.63 Å². The number of nitrogens with zero attached hydrogens (tertiary/aromatic N) is 1. The molecule has 0 bridgehead atoms.